The second-order valence-corrected chi connectivity index (χ2v) is 6.73. The number of guanidine groups is 1. The van der Waals surface area contributed by atoms with Crippen molar-refractivity contribution >= 4 is 23.0 Å². The molecule has 0 fully saturated rings. The van der Waals surface area contributed by atoms with Crippen LogP contribution >= 0.6 is 11.3 Å². The number of hydrogen-bond donors (Lipinski definition) is 2. The van der Waals surface area contributed by atoms with E-state index in [2.05, 4.69) is 26.7 Å². The maximum absolute atomic E-state index is 10.7. The summed E-state index contributed by atoms with van der Waals surface area (Å²) in [5.41, 5.74) is 1.89. The number of nitrogens with one attached hydrogen (secondary N) is 2. The Labute approximate surface area is 161 Å². The van der Waals surface area contributed by atoms with Gasteiger partial charge in [0.15, 0.2) is 5.96 Å². The molecular weight excluding hydrogens is 362 g/mol. The SMILES string of the molecule is O=[N+]([O-])c1ccc(CN=C(NCc2ccccn2)NCc2cccs2)cc1. The second-order valence-electron chi connectivity index (χ2n) is 5.70. The summed E-state index contributed by atoms with van der Waals surface area (Å²) in [5.74, 6) is 0.660. The highest BCUT2D eigenvalue weighted by atomic mass is 32.1. The van der Waals surface area contributed by atoms with Crippen molar-refractivity contribution in [3.05, 3.63) is 92.4 Å². The Kier molecular flexibility index (Phi) is 6.48. The smallest absolute Gasteiger partial charge is 0.269 e. The van der Waals surface area contributed by atoms with Crippen LogP contribution in [0.3, 0.4) is 0 Å². The molecule has 0 spiro atoms. The van der Waals surface area contributed by atoms with Crippen molar-refractivity contribution in [3.63, 3.8) is 0 Å². The normalized spacial score (nSPS) is 11.2. The number of pyridine rings is 1. The van der Waals surface area contributed by atoms with Crippen LogP contribution in [-0.2, 0) is 19.6 Å². The first-order chi connectivity index (χ1) is 13.2. The maximum atomic E-state index is 10.7. The molecule has 0 saturated heterocycles. The third kappa shape index (κ3) is 5.89. The lowest BCUT2D eigenvalue weighted by Crippen LogP contribution is -2.36. The highest BCUT2D eigenvalue weighted by Crippen LogP contribution is 2.12. The van der Waals surface area contributed by atoms with E-state index in [1.807, 2.05) is 29.6 Å². The first kappa shape index (κ1) is 18.5. The van der Waals surface area contributed by atoms with Gasteiger partial charge in [0.2, 0.25) is 0 Å². The van der Waals surface area contributed by atoms with Crippen LogP contribution in [-0.4, -0.2) is 15.9 Å². The van der Waals surface area contributed by atoms with Gasteiger partial charge in [0, 0.05) is 23.2 Å². The number of nitrogens with zero attached hydrogens (tertiary/aromatic N) is 3. The Balaban J connectivity index is 1.65. The highest BCUT2D eigenvalue weighted by Gasteiger charge is 2.05. The van der Waals surface area contributed by atoms with E-state index in [-0.39, 0.29) is 5.69 Å². The zero-order valence-electron chi connectivity index (χ0n) is 14.5. The molecule has 7 nitrogen and oxygen atoms in total. The monoisotopic (exact) mass is 381 g/mol. The first-order valence-corrected chi connectivity index (χ1v) is 9.26. The van der Waals surface area contributed by atoms with Crippen LogP contribution in [0.25, 0.3) is 0 Å². The van der Waals surface area contributed by atoms with Gasteiger partial charge >= 0.3 is 0 Å². The zero-order chi connectivity index (χ0) is 18.9. The summed E-state index contributed by atoms with van der Waals surface area (Å²) in [4.78, 5) is 20.4. The molecule has 0 amide bonds. The van der Waals surface area contributed by atoms with E-state index in [0.29, 0.717) is 25.6 Å². The van der Waals surface area contributed by atoms with Gasteiger partial charge in [-0.15, -0.1) is 11.3 Å². The number of rotatable bonds is 7. The molecular formula is C19H19N5O2S. The van der Waals surface area contributed by atoms with Gasteiger partial charge in [-0.05, 0) is 29.1 Å². The molecule has 0 saturated carbocycles. The average molecular weight is 381 g/mol. The quantitative estimate of drug-likeness (QED) is 0.283. The van der Waals surface area contributed by atoms with Crippen LogP contribution in [0.1, 0.15) is 16.1 Å². The van der Waals surface area contributed by atoms with Crippen LogP contribution < -0.4 is 10.6 Å². The predicted octanol–water partition coefficient (Wildman–Crippen LogP) is 3.49. The van der Waals surface area contributed by atoms with E-state index in [1.54, 1.807) is 29.7 Å². The summed E-state index contributed by atoms with van der Waals surface area (Å²) >= 11 is 1.68. The van der Waals surface area contributed by atoms with Crippen molar-refractivity contribution in [2.75, 3.05) is 0 Å². The van der Waals surface area contributed by atoms with Gasteiger partial charge in [-0.2, -0.15) is 0 Å². The summed E-state index contributed by atoms with van der Waals surface area (Å²) in [6, 6.07) is 16.3. The molecule has 3 aromatic rings. The van der Waals surface area contributed by atoms with Gasteiger partial charge < -0.3 is 10.6 Å². The molecule has 27 heavy (non-hydrogen) atoms. The zero-order valence-corrected chi connectivity index (χ0v) is 15.4. The van der Waals surface area contributed by atoms with Crippen molar-refractivity contribution in [2.24, 2.45) is 4.99 Å². The lowest BCUT2D eigenvalue weighted by molar-refractivity contribution is -0.384. The molecule has 0 aliphatic carbocycles. The second kappa shape index (κ2) is 9.44. The first-order valence-electron chi connectivity index (χ1n) is 8.38. The molecule has 3 rings (SSSR count). The van der Waals surface area contributed by atoms with Crippen molar-refractivity contribution in [2.45, 2.75) is 19.6 Å². The van der Waals surface area contributed by atoms with Gasteiger partial charge in [-0.3, -0.25) is 15.1 Å². The van der Waals surface area contributed by atoms with Crippen molar-refractivity contribution in [1.82, 2.24) is 15.6 Å². The average Bonchev–Trinajstić information content (AvgIpc) is 3.22. The Bertz CT molecular complexity index is 880. The highest BCUT2D eigenvalue weighted by molar-refractivity contribution is 7.09. The fourth-order valence-electron chi connectivity index (χ4n) is 2.33. The molecule has 2 aromatic heterocycles. The largest absolute Gasteiger partial charge is 0.351 e. The Morgan fingerprint density at radius 1 is 1.07 bits per heavy atom. The van der Waals surface area contributed by atoms with Crippen molar-refractivity contribution in [1.29, 1.82) is 0 Å². The molecule has 2 N–H and O–H groups in total. The molecule has 0 bridgehead atoms. The van der Waals surface area contributed by atoms with Crippen LogP contribution in [0, 0.1) is 10.1 Å². The minimum atomic E-state index is -0.407. The van der Waals surface area contributed by atoms with E-state index in [9.17, 15) is 10.1 Å². The topological polar surface area (TPSA) is 92.5 Å². The van der Waals surface area contributed by atoms with E-state index in [4.69, 9.17) is 0 Å². The summed E-state index contributed by atoms with van der Waals surface area (Å²) < 4.78 is 0. The van der Waals surface area contributed by atoms with Crippen molar-refractivity contribution in [3.8, 4) is 0 Å². The van der Waals surface area contributed by atoms with Gasteiger partial charge in [-0.25, -0.2) is 4.99 Å². The van der Waals surface area contributed by atoms with E-state index in [1.165, 1.54) is 17.0 Å². The third-order valence-electron chi connectivity index (χ3n) is 3.74. The fraction of sp³-hybridized carbons (Fsp3) is 0.158. The van der Waals surface area contributed by atoms with Crippen LogP contribution in [0.15, 0.2) is 71.2 Å². The van der Waals surface area contributed by atoms with E-state index < -0.39 is 4.92 Å². The number of nitro groups is 1. The molecule has 0 unspecified atom stereocenters. The van der Waals surface area contributed by atoms with E-state index in [0.717, 1.165) is 11.3 Å². The number of nitro benzene ring substituents is 1. The standard InChI is InChI=1S/C19H19N5O2S/c25-24(26)17-8-6-15(7-9-17)12-21-19(23-14-18-5-3-11-27-18)22-13-16-4-1-2-10-20-16/h1-11H,12-14H2,(H2,21,22,23). The summed E-state index contributed by atoms with van der Waals surface area (Å²) in [7, 11) is 0. The Hall–Kier alpha value is -3.26. The molecule has 1 aromatic carbocycles. The molecule has 0 aliphatic heterocycles. The predicted molar refractivity (Wildman–Crippen MR) is 106 cm³/mol. The summed E-state index contributed by atoms with van der Waals surface area (Å²) in [6.07, 6.45) is 1.75. The van der Waals surface area contributed by atoms with E-state index >= 15 is 0 Å². The maximum Gasteiger partial charge on any atom is 0.269 e. The summed E-state index contributed by atoms with van der Waals surface area (Å²) in [6.45, 7) is 1.64. The van der Waals surface area contributed by atoms with Gasteiger partial charge in [0.1, 0.15) is 0 Å². The number of hydrogen-bond acceptors (Lipinski definition) is 5. The Morgan fingerprint density at radius 2 is 1.89 bits per heavy atom. The van der Waals surface area contributed by atoms with Crippen molar-refractivity contribution < 1.29 is 4.92 Å². The molecule has 0 radical (unpaired) electrons. The van der Waals surface area contributed by atoms with Gasteiger partial charge in [0.05, 0.1) is 30.3 Å². The lowest BCUT2D eigenvalue weighted by atomic mass is 10.2. The van der Waals surface area contributed by atoms with Crippen LogP contribution in [0.4, 0.5) is 5.69 Å². The minimum Gasteiger partial charge on any atom is -0.351 e. The molecule has 8 heteroatoms. The van der Waals surface area contributed by atoms with Crippen LogP contribution in [0.5, 0.6) is 0 Å². The molecule has 0 atom stereocenters. The molecule has 0 aliphatic rings. The van der Waals surface area contributed by atoms with Gasteiger partial charge in [0.25, 0.3) is 5.69 Å². The summed E-state index contributed by atoms with van der Waals surface area (Å²) in [5, 5.41) is 19.4. The Morgan fingerprint density at radius 3 is 2.56 bits per heavy atom. The van der Waals surface area contributed by atoms with Crippen LogP contribution in [0.2, 0.25) is 0 Å². The number of benzene rings is 1. The minimum absolute atomic E-state index is 0.0760. The number of thiophene rings is 1. The molecule has 2 heterocycles. The lowest BCUT2D eigenvalue weighted by Gasteiger charge is -2.12. The van der Waals surface area contributed by atoms with Gasteiger partial charge in [-0.1, -0.05) is 24.3 Å². The number of non-ortho nitro benzene ring substituents is 1. The molecule has 138 valence electrons. The third-order valence-corrected chi connectivity index (χ3v) is 4.62. The fourth-order valence-corrected chi connectivity index (χ4v) is 2.97. The number of aromatic nitrogens is 1. The number of aliphatic imine (C=N–C) groups is 1.